The first kappa shape index (κ1) is 12.3. The summed E-state index contributed by atoms with van der Waals surface area (Å²) in [5.41, 5.74) is 0. The molecule has 0 aromatic rings. The minimum Gasteiger partial charge on any atom is -0.479 e. The summed E-state index contributed by atoms with van der Waals surface area (Å²) in [4.78, 5) is 43.8. The van der Waals surface area contributed by atoms with E-state index in [1.165, 1.54) is 0 Å². The van der Waals surface area contributed by atoms with Crippen molar-refractivity contribution in [2.24, 2.45) is 0 Å². The van der Waals surface area contributed by atoms with E-state index in [0.717, 1.165) is 20.8 Å². The number of imide groups is 1. The number of rotatable bonds is 3. The van der Waals surface area contributed by atoms with Gasteiger partial charge in [0.15, 0.2) is 11.8 Å². The van der Waals surface area contributed by atoms with Gasteiger partial charge in [-0.2, -0.15) is 0 Å². The van der Waals surface area contributed by atoms with Gasteiger partial charge in [-0.3, -0.25) is 19.3 Å². The number of amides is 2. The largest absolute Gasteiger partial charge is 0.479 e. The number of hydrogen-bond donors (Lipinski definition) is 1. The van der Waals surface area contributed by atoms with Crippen LogP contribution in [-0.4, -0.2) is 39.6 Å². The Bertz CT molecular complexity index is 238. The molecule has 14 heavy (non-hydrogen) atoms. The lowest BCUT2D eigenvalue weighted by Gasteiger charge is -2.22. The zero-order valence-electron chi connectivity index (χ0n) is 8.10. The van der Waals surface area contributed by atoms with Crippen molar-refractivity contribution in [2.75, 3.05) is 0 Å². The quantitative estimate of drug-likeness (QED) is 0.617. The first-order chi connectivity index (χ1) is 6.29. The normalized spacial score (nSPS) is 11.6. The second kappa shape index (κ2) is 4.50. The Labute approximate surface area is 80.5 Å². The zero-order valence-corrected chi connectivity index (χ0v) is 8.10. The molecule has 0 rings (SSSR count). The van der Waals surface area contributed by atoms with Crippen LogP contribution in [0.25, 0.3) is 0 Å². The van der Waals surface area contributed by atoms with E-state index in [1.807, 2.05) is 0 Å². The van der Waals surface area contributed by atoms with E-state index in [1.54, 1.807) is 0 Å². The SMILES string of the molecule is CC(=O)C(C(=O)O)N(C(C)=O)C(C)=O. The van der Waals surface area contributed by atoms with Crippen molar-refractivity contribution in [3.05, 3.63) is 0 Å². The molecular weight excluding hydrogens is 190 g/mol. The minimum absolute atomic E-state index is 0.421. The fourth-order valence-electron chi connectivity index (χ4n) is 1.05. The molecule has 2 amide bonds. The van der Waals surface area contributed by atoms with Crippen LogP contribution in [0.3, 0.4) is 0 Å². The van der Waals surface area contributed by atoms with Crippen LogP contribution in [0, 0.1) is 0 Å². The Morgan fingerprint density at radius 1 is 1.00 bits per heavy atom. The summed E-state index contributed by atoms with van der Waals surface area (Å²) in [6, 6.07) is -1.72. The molecule has 0 radical (unpaired) electrons. The lowest BCUT2D eigenvalue weighted by molar-refractivity contribution is -0.159. The first-order valence-corrected chi connectivity index (χ1v) is 3.82. The number of nitrogens with zero attached hydrogens (tertiary/aromatic N) is 1. The molecule has 1 atom stereocenters. The number of hydrogen-bond acceptors (Lipinski definition) is 4. The van der Waals surface area contributed by atoms with Gasteiger partial charge in [0.25, 0.3) is 0 Å². The lowest BCUT2D eigenvalue weighted by Crippen LogP contribution is -2.50. The average Bonchev–Trinajstić information content (AvgIpc) is 1.96. The molecule has 0 fully saturated rings. The molecule has 0 saturated carbocycles. The van der Waals surface area contributed by atoms with E-state index in [-0.39, 0.29) is 0 Å². The second-order valence-corrected chi connectivity index (χ2v) is 2.76. The van der Waals surface area contributed by atoms with Crippen molar-refractivity contribution in [1.82, 2.24) is 4.90 Å². The highest BCUT2D eigenvalue weighted by Crippen LogP contribution is 2.03. The van der Waals surface area contributed by atoms with E-state index < -0.39 is 29.6 Å². The molecule has 0 saturated heterocycles. The van der Waals surface area contributed by atoms with E-state index in [2.05, 4.69) is 0 Å². The van der Waals surface area contributed by atoms with Crippen LogP contribution in [0.4, 0.5) is 0 Å². The monoisotopic (exact) mass is 201 g/mol. The van der Waals surface area contributed by atoms with Crippen molar-refractivity contribution >= 4 is 23.6 Å². The zero-order chi connectivity index (χ0) is 11.5. The Morgan fingerprint density at radius 3 is 1.43 bits per heavy atom. The molecule has 6 nitrogen and oxygen atoms in total. The molecule has 0 aliphatic rings. The van der Waals surface area contributed by atoms with Crippen molar-refractivity contribution in [1.29, 1.82) is 0 Å². The average molecular weight is 201 g/mol. The molecular formula is C8H11NO5. The number of carboxylic acid groups (broad SMARTS) is 1. The number of carbonyl (C=O) groups excluding carboxylic acids is 3. The van der Waals surface area contributed by atoms with Gasteiger partial charge in [0.05, 0.1) is 0 Å². The predicted molar refractivity (Wildman–Crippen MR) is 45.3 cm³/mol. The van der Waals surface area contributed by atoms with Gasteiger partial charge in [-0.25, -0.2) is 4.79 Å². The minimum atomic E-state index is -1.72. The molecule has 78 valence electrons. The highest BCUT2D eigenvalue weighted by molar-refractivity contribution is 6.09. The number of ketones is 1. The summed E-state index contributed by atoms with van der Waals surface area (Å²) in [7, 11) is 0. The van der Waals surface area contributed by atoms with Crippen LogP contribution >= 0.6 is 0 Å². The molecule has 0 aliphatic heterocycles. The fraction of sp³-hybridized carbons (Fsp3) is 0.500. The Morgan fingerprint density at radius 2 is 1.36 bits per heavy atom. The summed E-state index contributed by atoms with van der Waals surface area (Å²) >= 11 is 0. The third-order valence-corrected chi connectivity index (χ3v) is 1.56. The molecule has 0 aromatic heterocycles. The van der Waals surface area contributed by atoms with Gasteiger partial charge in [-0.15, -0.1) is 0 Å². The molecule has 6 heteroatoms. The summed E-state index contributed by atoms with van der Waals surface area (Å²) in [6.45, 7) is 3.07. The third-order valence-electron chi connectivity index (χ3n) is 1.56. The summed E-state index contributed by atoms with van der Waals surface area (Å²) < 4.78 is 0. The van der Waals surface area contributed by atoms with Crippen LogP contribution in [-0.2, 0) is 19.2 Å². The van der Waals surface area contributed by atoms with Crippen LogP contribution in [0.1, 0.15) is 20.8 Å². The highest BCUT2D eigenvalue weighted by Gasteiger charge is 2.34. The number of Topliss-reactive ketones (excluding diaryl/α,β-unsaturated/α-hetero) is 1. The maximum Gasteiger partial charge on any atom is 0.334 e. The molecule has 0 aliphatic carbocycles. The summed E-state index contributed by atoms with van der Waals surface area (Å²) in [6.07, 6.45) is 0. The Balaban J connectivity index is 5.13. The van der Waals surface area contributed by atoms with E-state index >= 15 is 0 Å². The van der Waals surface area contributed by atoms with Gasteiger partial charge in [0, 0.05) is 13.8 Å². The number of carboxylic acids is 1. The van der Waals surface area contributed by atoms with Gasteiger partial charge in [-0.05, 0) is 6.92 Å². The van der Waals surface area contributed by atoms with Gasteiger partial charge in [0.1, 0.15) is 0 Å². The van der Waals surface area contributed by atoms with Gasteiger partial charge >= 0.3 is 5.97 Å². The van der Waals surface area contributed by atoms with Crippen molar-refractivity contribution < 1.29 is 24.3 Å². The van der Waals surface area contributed by atoms with Crippen LogP contribution in [0.5, 0.6) is 0 Å². The van der Waals surface area contributed by atoms with Gasteiger partial charge in [-0.1, -0.05) is 0 Å². The Kier molecular flexibility index (Phi) is 3.95. The van der Waals surface area contributed by atoms with Crippen molar-refractivity contribution in [3.8, 4) is 0 Å². The molecule has 0 aromatic carbocycles. The summed E-state index contributed by atoms with van der Waals surface area (Å²) in [5, 5.41) is 8.64. The molecule has 1 unspecified atom stereocenters. The maximum atomic E-state index is 10.9. The smallest absolute Gasteiger partial charge is 0.334 e. The Hall–Kier alpha value is -1.72. The summed E-state index contributed by atoms with van der Waals surface area (Å²) in [5.74, 6) is -3.80. The van der Waals surface area contributed by atoms with Crippen LogP contribution in [0.15, 0.2) is 0 Å². The predicted octanol–water partition coefficient (Wildman–Crippen LogP) is -0.576. The van der Waals surface area contributed by atoms with E-state index in [4.69, 9.17) is 5.11 Å². The molecule has 0 bridgehead atoms. The standard InChI is InChI=1S/C8H11NO5/c1-4(10)7(8(13)14)9(5(2)11)6(3)12/h7H,1-3H3,(H,13,14). The molecule has 0 spiro atoms. The topological polar surface area (TPSA) is 91.8 Å². The maximum absolute atomic E-state index is 10.9. The van der Waals surface area contributed by atoms with Gasteiger partial charge in [0.2, 0.25) is 11.8 Å². The third kappa shape index (κ3) is 2.65. The number of carbonyl (C=O) groups is 4. The van der Waals surface area contributed by atoms with Gasteiger partial charge < -0.3 is 5.11 Å². The van der Waals surface area contributed by atoms with Crippen LogP contribution < -0.4 is 0 Å². The fourth-order valence-corrected chi connectivity index (χ4v) is 1.05. The molecule has 1 N–H and O–H groups in total. The first-order valence-electron chi connectivity index (χ1n) is 3.82. The van der Waals surface area contributed by atoms with E-state index in [0.29, 0.717) is 4.90 Å². The molecule has 0 heterocycles. The number of aliphatic carboxylic acids is 1. The van der Waals surface area contributed by atoms with Crippen molar-refractivity contribution in [3.63, 3.8) is 0 Å². The van der Waals surface area contributed by atoms with E-state index in [9.17, 15) is 19.2 Å². The second-order valence-electron chi connectivity index (χ2n) is 2.76. The van der Waals surface area contributed by atoms with Crippen molar-refractivity contribution in [2.45, 2.75) is 26.8 Å². The highest BCUT2D eigenvalue weighted by atomic mass is 16.4. The lowest BCUT2D eigenvalue weighted by atomic mass is 10.1. The van der Waals surface area contributed by atoms with Crippen LogP contribution in [0.2, 0.25) is 0 Å².